The number of likely N-dealkylation sites (N-methyl/N-ethyl adjacent to an activating group) is 1. The van der Waals surface area contributed by atoms with Gasteiger partial charge in [-0.1, -0.05) is 27.3 Å². The lowest BCUT2D eigenvalue weighted by molar-refractivity contribution is -0.123. The van der Waals surface area contributed by atoms with Gasteiger partial charge in [0.1, 0.15) is 11.9 Å². The second kappa shape index (κ2) is 12.7. The molecule has 0 spiro atoms. The van der Waals surface area contributed by atoms with Crippen molar-refractivity contribution < 1.29 is 9.59 Å². The summed E-state index contributed by atoms with van der Waals surface area (Å²) in [7, 11) is 1.64. The highest BCUT2D eigenvalue weighted by molar-refractivity contribution is 7.13. The van der Waals surface area contributed by atoms with Crippen LogP contribution < -0.4 is 10.2 Å². The molecule has 0 unspecified atom stereocenters. The molecule has 1 fully saturated rings. The van der Waals surface area contributed by atoms with Gasteiger partial charge < -0.3 is 15.1 Å². The van der Waals surface area contributed by atoms with Crippen LogP contribution in [0.5, 0.6) is 0 Å². The third-order valence-corrected chi connectivity index (χ3v) is 8.53. The van der Waals surface area contributed by atoms with E-state index in [9.17, 15) is 9.59 Å². The first-order chi connectivity index (χ1) is 18.9. The number of carbonyl (C=O) groups excluding carboxylic acids is 2. The topological polar surface area (TPSA) is 95.7 Å². The zero-order valence-electron chi connectivity index (χ0n) is 22.9. The van der Waals surface area contributed by atoms with Crippen molar-refractivity contribution in [3.8, 4) is 21.8 Å². The van der Waals surface area contributed by atoms with Crippen LogP contribution in [-0.4, -0.2) is 74.9 Å². The number of hydrogen-bond donors (Lipinski definition) is 1. The van der Waals surface area contributed by atoms with Crippen LogP contribution in [0.15, 0.2) is 48.1 Å². The van der Waals surface area contributed by atoms with Gasteiger partial charge in [-0.05, 0) is 62.5 Å². The molecule has 9 nitrogen and oxygen atoms in total. The van der Waals surface area contributed by atoms with Gasteiger partial charge >= 0.3 is 0 Å². The molecular weight excluding hydrogens is 522 g/mol. The van der Waals surface area contributed by atoms with E-state index in [0.717, 1.165) is 42.1 Å². The Morgan fingerprint density at radius 2 is 1.98 bits per heavy atom. The van der Waals surface area contributed by atoms with Crippen LogP contribution in [0.4, 0.5) is 5.82 Å². The first-order valence-electron chi connectivity index (χ1n) is 13.6. The number of ketones is 1. The van der Waals surface area contributed by atoms with Crippen molar-refractivity contribution in [1.82, 2.24) is 29.8 Å². The lowest BCUT2D eigenvalue weighted by Gasteiger charge is -2.40. The van der Waals surface area contributed by atoms with Gasteiger partial charge in [0.2, 0.25) is 5.91 Å². The highest BCUT2D eigenvalue weighted by Crippen LogP contribution is 2.32. The number of rotatable bonds is 11. The number of fused-ring (bicyclic) bond motifs is 1. The molecule has 5 heterocycles. The van der Waals surface area contributed by atoms with Crippen LogP contribution in [0.25, 0.3) is 27.5 Å². The fourth-order valence-electron chi connectivity index (χ4n) is 5.19. The van der Waals surface area contributed by atoms with Crippen LogP contribution in [0, 0.1) is 0 Å². The van der Waals surface area contributed by atoms with E-state index in [1.54, 1.807) is 29.1 Å². The van der Waals surface area contributed by atoms with Crippen molar-refractivity contribution in [1.29, 1.82) is 0 Å². The van der Waals surface area contributed by atoms with Gasteiger partial charge in [-0.15, -0.1) is 11.3 Å². The molecular formula is C30H39N7O2S. The number of aromatic nitrogens is 4. The second-order valence-electron chi connectivity index (χ2n) is 9.86. The summed E-state index contributed by atoms with van der Waals surface area (Å²) in [6.07, 6.45) is 5.60. The molecule has 0 bridgehead atoms. The summed E-state index contributed by atoms with van der Waals surface area (Å²) in [5.41, 5.74) is 3.50. The molecule has 1 amide bonds. The van der Waals surface area contributed by atoms with Crippen LogP contribution >= 0.6 is 11.3 Å². The lowest BCUT2D eigenvalue weighted by Crippen LogP contribution is -2.56. The molecule has 2 atom stereocenters. The Balaban J connectivity index is 0.00000370. The Morgan fingerprint density at radius 3 is 2.62 bits per heavy atom. The quantitative estimate of drug-likeness (QED) is 0.252. The van der Waals surface area contributed by atoms with E-state index in [0.29, 0.717) is 41.7 Å². The van der Waals surface area contributed by atoms with Crippen LogP contribution in [0.1, 0.15) is 57.8 Å². The van der Waals surface area contributed by atoms with Crippen molar-refractivity contribution in [2.45, 2.75) is 59.5 Å². The minimum absolute atomic E-state index is 0. The summed E-state index contributed by atoms with van der Waals surface area (Å²) in [4.78, 5) is 41.2. The highest BCUT2D eigenvalue weighted by Gasteiger charge is 2.35. The molecule has 1 N–H and O–H groups in total. The Labute approximate surface area is 240 Å². The Hall–Kier alpha value is -3.63. The van der Waals surface area contributed by atoms with E-state index in [1.165, 1.54) is 0 Å². The van der Waals surface area contributed by atoms with Crippen LogP contribution in [-0.2, 0) is 4.79 Å². The summed E-state index contributed by atoms with van der Waals surface area (Å²) in [6, 6.07) is 9.69. The first-order valence-corrected chi connectivity index (χ1v) is 14.5. The molecule has 0 saturated carbocycles. The minimum atomic E-state index is -0.296. The maximum atomic E-state index is 13.5. The molecule has 1 aliphatic heterocycles. The average molecular weight is 562 g/mol. The van der Waals surface area contributed by atoms with E-state index < -0.39 is 0 Å². The third kappa shape index (κ3) is 5.78. The molecule has 0 aromatic carbocycles. The van der Waals surface area contributed by atoms with Crippen molar-refractivity contribution in [2.75, 3.05) is 31.6 Å². The van der Waals surface area contributed by atoms with Crippen molar-refractivity contribution in [3.63, 3.8) is 0 Å². The largest absolute Gasteiger partial charge is 0.357 e. The molecule has 0 radical (unpaired) electrons. The molecule has 1 saturated heterocycles. The van der Waals surface area contributed by atoms with Gasteiger partial charge in [0.15, 0.2) is 11.4 Å². The Kier molecular flexibility index (Phi) is 9.32. The lowest BCUT2D eigenvalue weighted by atomic mass is 9.99. The number of amides is 1. The van der Waals surface area contributed by atoms with Gasteiger partial charge in [0.25, 0.3) is 0 Å². The van der Waals surface area contributed by atoms with Gasteiger partial charge in [-0.3, -0.25) is 9.59 Å². The van der Waals surface area contributed by atoms with Crippen molar-refractivity contribution in [2.24, 2.45) is 0 Å². The normalized spacial score (nSPS) is 15.5. The van der Waals surface area contributed by atoms with E-state index in [2.05, 4.69) is 36.1 Å². The number of thiophene rings is 1. The average Bonchev–Trinajstić information content (AvgIpc) is 3.61. The number of anilines is 1. The second-order valence-corrected chi connectivity index (χ2v) is 10.8. The number of nitrogens with one attached hydrogen (secondary N) is 1. The van der Waals surface area contributed by atoms with Crippen molar-refractivity contribution in [3.05, 3.63) is 53.7 Å². The predicted octanol–water partition coefficient (Wildman–Crippen LogP) is 5.17. The number of Topliss-reactive ketones (excluding diaryl/α,β-unsaturated/α-hetero) is 1. The summed E-state index contributed by atoms with van der Waals surface area (Å²) in [5.74, 6) is 0.647. The smallest absolute Gasteiger partial charge is 0.242 e. The van der Waals surface area contributed by atoms with E-state index in [-0.39, 0.29) is 25.2 Å². The summed E-state index contributed by atoms with van der Waals surface area (Å²) in [6.45, 7) is 9.09. The standard InChI is InChI=1S/C29H35N7O2S.CH4/c1-5-34(6-2)19(3)9-10-25(37)20-16-23(32-27(17-20)35-13-12-24(35)29(38)30-4)21-18-31-36-14-11-22(33-28(21)36)26-8-7-15-39-26;/h7-8,11,14-19,24H,5-6,9-10,12-13H2,1-4H3,(H,30,38);1H4/t19-,24+;/m0./s1. The molecule has 40 heavy (non-hydrogen) atoms. The molecule has 4 aromatic heterocycles. The van der Waals surface area contributed by atoms with E-state index in [1.807, 2.05) is 46.8 Å². The van der Waals surface area contributed by atoms with E-state index in [4.69, 9.17) is 9.97 Å². The maximum Gasteiger partial charge on any atom is 0.242 e. The van der Waals surface area contributed by atoms with Crippen LogP contribution in [0.3, 0.4) is 0 Å². The minimum Gasteiger partial charge on any atom is -0.357 e. The summed E-state index contributed by atoms with van der Waals surface area (Å²) in [5, 5.41) is 9.27. The molecule has 10 heteroatoms. The highest BCUT2D eigenvalue weighted by atomic mass is 32.1. The fourth-order valence-corrected chi connectivity index (χ4v) is 5.88. The molecule has 0 aliphatic carbocycles. The Morgan fingerprint density at radius 1 is 1.18 bits per heavy atom. The molecule has 5 rings (SSSR count). The zero-order valence-corrected chi connectivity index (χ0v) is 23.7. The Bertz CT molecular complexity index is 1460. The number of hydrogen-bond acceptors (Lipinski definition) is 8. The van der Waals surface area contributed by atoms with E-state index >= 15 is 0 Å². The molecule has 4 aromatic rings. The van der Waals surface area contributed by atoms with Gasteiger partial charge in [0, 0.05) is 37.8 Å². The number of pyridine rings is 1. The first kappa shape index (κ1) is 29.4. The monoisotopic (exact) mass is 561 g/mol. The number of nitrogens with zero attached hydrogens (tertiary/aromatic N) is 6. The van der Waals surface area contributed by atoms with Crippen LogP contribution in [0.2, 0.25) is 0 Å². The number of carbonyl (C=O) groups is 2. The van der Waals surface area contributed by atoms with Gasteiger partial charge in [0.05, 0.1) is 28.0 Å². The predicted molar refractivity (Wildman–Crippen MR) is 162 cm³/mol. The summed E-state index contributed by atoms with van der Waals surface area (Å²) < 4.78 is 1.73. The van der Waals surface area contributed by atoms with Gasteiger partial charge in [-0.25, -0.2) is 14.5 Å². The summed E-state index contributed by atoms with van der Waals surface area (Å²) >= 11 is 1.63. The third-order valence-electron chi connectivity index (χ3n) is 7.64. The van der Waals surface area contributed by atoms with Gasteiger partial charge in [-0.2, -0.15) is 5.10 Å². The zero-order chi connectivity index (χ0) is 27.5. The SMILES string of the molecule is C.CCN(CC)[C@@H](C)CCC(=O)c1cc(-c2cnn3ccc(-c4cccs4)nc23)nc(N2CC[C@@H]2C(=O)NC)c1. The molecule has 212 valence electrons. The van der Waals surface area contributed by atoms with Crippen molar-refractivity contribution >= 4 is 34.5 Å². The fraction of sp³-hybridized carbons (Fsp3) is 0.433. The maximum absolute atomic E-state index is 13.5. The molecule has 1 aliphatic rings.